The maximum Gasteiger partial charge on any atom is 0.165 e. The van der Waals surface area contributed by atoms with Crippen LogP contribution in [0.5, 0.6) is 0 Å². The first-order valence-electron chi connectivity index (χ1n) is 8.67. The van der Waals surface area contributed by atoms with Gasteiger partial charge in [-0.05, 0) is 17.7 Å². The average Bonchev–Trinajstić information content (AvgIpc) is 3.20. The molecule has 0 saturated carbocycles. The number of ether oxygens (including phenoxy) is 1. The topological polar surface area (TPSA) is 122 Å². The summed E-state index contributed by atoms with van der Waals surface area (Å²) in [4.78, 5) is 12.8. The highest BCUT2D eigenvalue weighted by molar-refractivity contribution is 6.30. The second-order valence-corrected chi connectivity index (χ2v) is 7.02. The lowest BCUT2D eigenvalue weighted by Crippen LogP contribution is -2.34. The summed E-state index contributed by atoms with van der Waals surface area (Å²) < 4.78 is 21.6. The van der Waals surface area contributed by atoms with Crippen molar-refractivity contribution in [3.8, 4) is 0 Å². The van der Waals surface area contributed by atoms with Crippen molar-refractivity contribution < 1.29 is 29.3 Å². The highest BCUT2D eigenvalue weighted by Crippen LogP contribution is 2.38. The van der Waals surface area contributed by atoms with Gasteiger partial charge in [-0.15, -0.1) is 0 Å². The van der Waals surface area contributed by atoms with Crippen LogP contribution in [0.2, 0.25) is 5.02 Å². The first kappa shape index (κ1) is 20.0. The summed E-state index contributed by atoms with van der Waals surface area (Å²) in [5, 5.41) is 32.1. The Bertz CT molecular complexity index is 1020. The highest BCUT2D eigenvalue weighted by atomic mass is 35.5. The van der Waals surface area contributed by atoms with Crippen molar-refractivity contribution in [2.45, 2.75) is 30.6 Å². The number of aliphatic hydroxyl groups excluding tert-OH is 3. The largest absolute Gasteiger partial charge is 0.387 e. The van der Waals surface area contributed by atoms with Crippen molar-refractivity contribution in [1.29, 1.82) is 0 Å². The predicted octanol–water partition coefficient (Wildman–Crippen LogP) is 1.55. The molecule has 3 aromatic rings. The van der Waals surface area contributed by atoms with Crippen molar-refractivity contribution in [2.24, 2.45) is 0 Å². The van der Waals surface area contributed by atoms with Crippen LogP contribution in [-0.4, -0.2) is 55.3 Å². The van der Waals surface area contributed by atoms with Crippen molar-refractivity contribution in [2.75, 3.05) is 12.6 Å². The third-order valence-corrected chi connectivity index (χ3v) is 5.09. The average molecular weight is 425 g/mol. The van der Waals surface area contributed by atoms with E-state index in [2.05, 4.69) is 15.4 Å². The molecule has 2 unspecified atom stereocenters. The zero-order chi connectivity index (χ0) is 20.7. The molecule has 1 saturated heterocycles. The molecule has 3 heterocycles. The number of hydrogen-bond acceptors (Lipinski definition) is 8. The summed E-state index contributed by atoms with van der Waals surface area (Å²) in [5.41, 5.74) is 3.03. The first-order valence-corrected chi connectivity index (χ1v) is 9.05. The Morgan fingerprint density at radius 3 is 2.66 bits per heavy atom. The van der Waals surface area contributed by atoms with Crippen molar-refractivity contribution in [3.05, 3.63) is 53.2 Å². The van der Waals surface area contributed by atoms with Crippen LogP contribution < -0.4 is 5.48 Å². The Morgan fingerprint density at radius 2 is 1.97 bits per heavy atom. The molecule has 154 valence electrons. The molecule has 2 aromatic heterocycles. The molecule has 0 aliphatic carbocycles. The van der Waals surface area contributed by atoms with Crippen LogP contribution in [0.15, 0.2) is 36.8 Å². The minimum atomic E-state index is -1.44. The molecular weight excluding hydrogens is 407 g/mol. The summed E-state index contributed by atoms with van der Waals surface area (Å²) in [6.45, 7) is 0. The van der Waals surface area contributed by atoms with Gasteiger partial charge < -0.3 is 24.6 Å². The molecule has 9 nitrogen and oxygen atoms in total. The molecule has 1 aromatic carbocycles. The zero-order valence-corrected chi connectivity index (χ0v) is 15.9. The van der Waals surface area contributed by atoms with E-state index in [1.807, 2.05) is 0 Å². The molecule has 1 fully saturated rings. The Hall–Kier alpha value is -2.34. The maximum atomic E-state index is 14.6. The second-order valence-electron chi connectivity index (χ2n) is 6.58. The number of benzene rings is 1. The molecule has 0 amide bonds. The van der Waals surface area contributed by atoms with Crippen LogP contribution in [0.1, 0.15) is 17.9 Å². The summed E-state index contributed by atoms with van der Waals surface area (Å²) >= 11 is 5.86. The van der Waals surface area contributed by atoms with E-state index in [0.717, 1.165) is 6.20 Å². The van der Waals surface area contributed by atoms with Crippen molar-refractivity contribution >= 4 is 28.5 Å². The van der Waals surface area contributed by atoms with E-state index in [-0.39, 0.29) is 16.9 Å². The van der Waals surface area contributed by atoms with Crippen molar-refractivity contribution in [1.82, 2.24) is 14.5 Å². The maximum absolute atomic E-state index is 14.6. The van der Waals surface area contributed by atoms with Crippen LogP contribution in [0, 0.1) is 5.82 Å². The Labute approximate surface area is 169 Å². The number of halogens is 2. The summed E-state index contributed by atoms with van der Waals surface area (Å²) in [6.07, 6.45) is -4.18. The molecule has 0 bridgehead atoms. The van der Waals surface area contributed by atoms with Crippen LogP contribution in [-0.2, 0) is 9.57 Å². The fourth-order valence-corrected chi connectivity index (χ4v) is 3.56. The zero-order valence-electron chi connectivity index (χ0n) is 15.1. The lowest BCUT2D eigenvalue weighted by molar-refractivity contribution is -0.0849. The van der Waals surface area contributed by atoms with Gasteiger partial charge in [0.05, 0.1) is 12.5 Å². The molecule has 4 rings (SSSR count). The molecule has 1 aliphatic heterocycles. The molecule has 0 spiro atoms. The smallest absolute Gasteiger partial charge is 0.165 e. The highest BCUT2D eigenvalue weighted by Gasteiger charge is 2.47. The van der Waals surface area contributed by atoms with Crippen molar-refractivity contribution in [3.63, 3.8) is 0 Å². The number of nitrogens with one attached hydrogen (secondary N) is 1. The Morgan fingerprint density at radius 1 is 1.24 bits per heavy atom. The molecule has 1 aliphatic rings. The lowest BCUT2D eigenvalue weighted by atomic mass is 9.99. The Kier molecular flexibility index (Phi) is 5.38. The molecular formula is C18H18ClFN4O5. The van der Waals surface area contributed by atoms with E-state index in [1.54, 1.807) is 24.3 Å². The van der Waals surface area contributed by atoms with Gasteiger partial charge in [-0.3, -0.25) is 4.84 Å². The molecule has 11 heteroatoms. The summed E-state index contributed by atoms with van der Waals surface area (Å²) in [6, 6.07) is 6.35. The first-order chi connectivity index (χ1) is 13.9. The van der Waals surface area contributed by atoms with E-state index in [1.165, 1.54) is 18.0 Å². The van der Waals surface area contributed by atoms with Gasteiger partial charge in [-0.2, -0.15) is 0 Å². The molecule has 4 N–H and O–H groups in total. The van der Waals surface area contributed by atoms with E-state index in [9.17, 15) is 19.7 Å². The number of hydrogen-bond donors (Lipinski definition) is 4. The van der Waals surface area contributed by atoms with Gasteiger partial charge in [-0.25, -0.2) is 19.8 Å². The summed E-state index contributed by atoms with van der Waals surface area (Å²) in [5.74, 6) is -0.577. The number of aliphatic hydroxyl groups is 3. The number of nitrogens with zero attached hydrogens (tertiary/aromatic N) is 3. The number of aromatic nitrogens is 3. The molecule has 29 heavy (non-hydrogen) atoms. The fraction of sp³-hybridized carbons (Fsp3) is 0.333. The second kappa shape index (κ2) is 7.82. The van der Waals surface area contributed by atoms with E-state index in [0.29, 0.717) is 10.6 Å². The van der Waals surface area contributed by atoms with Crippen LogP contribution in [0.3, 0.4) is 0 Å². The van der Waals surface area contributed by atoms with Gasteiger partial charge in [0.1, 0.15) is 30.7 Å². The monoisotopic (exact) mass is 424 g/mol. The van der Waals surface area contributed by atoms with E-state index < -0.39 is 36.5 Å². The van der Waals surface area contributed by atoms with E-state index >= 15 is 0 Å². The van der Waals surface area contributed by atoms with Gasteiger partial charge in [0.25, 0.3) is 0 Å². The van der Waals surface area contributed by atoms with Crippen LogP contribution in [0.4, 0.5) is 10.2 Å². The number of fused-ring (bicyclic) bond motifs is 1. The normalized spacial score (nSPS) is 25.4. The van der Waals surface area contributed by atoms with Crippen LogP contribution >= 0.6 is 11.6 Å². The fourth-order valence-electron chi connectivity index (χ4n) is 3.43. The minimum Gasteiger partial charge on any atom is -0.387 e. The molecule has 0 radical (unpaired) electrons. The van der Waals surface area contributed by atoms with Gasteiger partial charge in [-0.1, -0.05) is 23.7 Å². The predicted molar refractivity (Wildman–Crippen MR) is 100 cm³/mol. The molecule has 5 atom stereocenters. The number of anilines is 1. The third-order valence-electron chi connectivity index (χ3n) is 4.83. The van der Waals surface area contributed by atoms with Crippen LogP contribution in [0.25, 0.3) is 11.0 Å². The minimum absolute atomic E-state index is 0.0290. The third kappa shape index (κ3) is 3.44. The van der Waals surface area contributed by atoms with Gasteiger partial charge in [0.15, 0.2) is 23.5 Å². The summed E-state index contributed by atoms with van der Waals surface area (Å²) in [7, 11) is 1.35. The SMILES string of the molecule is CONc1ncnc2c1c(F)cn2[C@@H]1OC(C(O)c2ccc(Cl)cc2)[C@@H](O)[C@H]1O. The van der Waals surface area contributed by atoms with E-state index in [4.69, 9.17) is 21.2 Å². The van der Waals surface area contributed by atoms with Gasteiger partial charge in [0.2, 0.25) is 0 Å². The van der Waals surface area contributed by atoms with Gasteiger partial charge >= 0.3 is 0 Å². The lowest BCUT2D eigenvalue weighted by Gasteiger charge is -2.21. The number of rotatable bonds is 5. The van der Waals surface area contributed by atoms with Gasteiger partial charge in [0, 0.05) is 11.2 Å². The Balaban J connectivity index is 1.68. The standard InChI is InChI=1S/C18H18ClFN4O5/c1-28-23-16-11-10(20)6-24(17(11)22-7-21-16)18-14(27)13(26)15(29-18)12(25)8-2-4-9(19)5-3-8/h2-7,12-15,18,25-27H,1H3,(H,21,22,23)/t12?,13-,14+,15?,18+/m0/s1. The quantitative estimate of drug-likeness (QED) is 0.455.